The average molecular weight is 258 g/mol. The molecule has 0 atom stereocenters. The third-order valence-electron chi connectivity index (χ3n) is 2.11. The van der Waals surface area contributed by atoms with Crippen LogP contribution in [0.5, 0.6) is 0 Å². The van der Waals surface area contributed by atoms with Gasteiger partial charge in [0.05, 0.1) is 19.6 Å². The van der Waals surface area contributed by atoms with E-state index in [2.05, 4.69) is 4.98 Å². The topological polar surface area (TPSA) is 16.1 Å². The Morgan fingerprint density at radius 2 is 2.00 bits per heavy atom. The van der Waals surface area contributed by atoms with Crippen molar-refractivity contribution in [3.63, 3.8) is 0 Å². The van der Waals surface area contributed by atoms with Crippen LogP contribution in [0.2, 0.25) is 0 Å². The van der Waals surface area contributed by atoms with Gasteiger partial charge in [0.15, 0.2) is 5.69 Å². The quantitative estimate of drug-likeness (QED) is 0.758. The van der Waals surface area contributed by atoms with Crippen molar-refractivity contribution in [1.29, 1.82) is 0 Å². The Morgan fingerprint density at radius 3 is 2.44 bits per heavy atom. The van der Waals surface area contributed by atoms with E-state index in [1.807, 2.05) is 0 Å². The summed E-state index contributed by atoms with van der Waals surface area (Å²) in [6.45, 7) is -0.766. The SMILES string of the molecule is FC1(F)CN(Cc2nc(C(F)(F)F)cs2)C1. The molecule has 0 bridgehead atoms. The minimum Gasteiger partial charge on any atom is -0.285 e. The van der Waals surface area contributed by atoms with Crippen LogP contribution in [0.3, 0.4) is 0 Å². The van der Waals surface area contributed by atoms with E-state index in [9.17, 15) is 22.0 Å². The molecular weight excluding hydrogens is 251 g/mol. The molecule has 0 amide bonds. The molecular formula is C8H7F5N2S. The minimum absolute atomic E-state index is 0.0519. The van der Waals surface area contributed by atoms with E-state index >= 15 is 0 Å². The van der Waals surface area contributed by atoms with Gasteiger partial charge in [-0.05, 0) is 0 Å². The highest BCUT2D eigenvalue weighted by Crippen LogP contribution is 2.32. The zero-order chi connectivity index (χ0) is 12.0. The molecule has 1 aliphatic rings. The van der Waals surface area contributed by atoms with Crippen molar-refractivity contribution >= 4 is 11.3 Å². The predicted molar refractivity (Wildman–Crippen MR) is 47.3 cm³/mol. The summed E-state index contributed by atoms with van der Waals surface area (Å²) in [5, 5.41) is 1.11. The van der Waals surface area contributed by atoms with Crippen molar-refractivity contribution in [1.82, 2.24) is 9.88 Å². The molecule has 0 saturated carbocycles. The number of rotatable bonds is 2. The van der Waals surface area contributed by atoms with Crippen LogP contribution in [0.15, 0.2) is 5.38 Å². The van der Waals surface area contributed by atoms with E-state index in [0.29, 0.717) is 0 Å². The van der Waals surface area contributed by atoms with Gasteiger partial charge in [-0.2, -0.15) is 13.2 Å². The molecule has 1 fully saturated rings. The van der Waals surface area contributed by atoms with Crippen LogP contribution in [0, 0.1) is 0 Å². The highest BCUT2D eigenvalue weighted by atomic mass is 32.1. The summed E-state index contributed by atoms with van der Waals surface area (Å²) in [6.07, 6.45) is -4.46. The van der Waals surface area contributed by atoms with Crippen molar-refractivity contribution < 1.29 is 22.0 Å². The number of aromatic nitrogens is 1. The molecule has 2 nitrogen and oxygen atoms in total. The number of halogens is 5. The van der Waals surface area contributed by atoms with Gasteiger partial charge in [-0.25, -0.2) is 13.8 Å². The van der Waals surface area contributed by atoms with Crippen LogP contribution >= 0.6 is 11.3 Å². The summed E-state index contributed by atoms with van der Waals surface area (Å²) in [6, 6.07) is 0. The van der Waals surface area contributed by atoms with E-state index in [-0.39, 0.29) is 11.6 Å². The summed E-state index contributed by atoms with van der Waals surface area (Å²) in [5.41, 5.74) is -0.959. The third-order valence-corrected chi connectivity index (χ3v) is 2.94. The third kappa shape index (κ3) is 2.49. The lowest BCUT2D eigenvalue weighted by Crippen LogP contribution is -2.55. The molecule has 2 heterocycles. The molecule has 0 spiro atoms. The van der Waals surface area contributed by atoms with Crippen LogP contribution in [-0.4, -0.2) is 28.9 Å². The van der Waals surface area contributed by atoms with Gasteiger partial charge < -0.3 is 0 Å². The van der Waals surface area contributed by atoms with Gasteiger partial charge in [-0.1, -0.05) is 0 Å². The molecule has 1 aliphatic heterocycles. The number of hydrogen-bond acceptors (Lipinski definition) is 3. The Kier molecular flexibility index (Phi) is 2.66. The molecule has 0 unspecified atom stereocenters. The summed E-state index contributed by atoms with van der Waals surface area (Å²) < 4.78 is 61.4. The summed E-state index contributed by atoms with van der Waals surface area (Å²) in [7, 11) is 0. The maximum atomic E-state index is 12.4. The molecule has 2 rings (SSSR count). The second kappa shape index (κ2) is 3.63. The van der Waals surface area contributed by atoms with Crippen LogP contribution in [0.4, 0.5) is 22.0 Å². The van der Waals surface area contributed by atoms with E-state index in [0.717, 1.165) is 16.7 Å². The molecule has 90 valence electrons. The van der Waals surface area contributed by atoms with Crippen molar-refractivity contribution in [3.05, 3.63) is 16.1 Å². The van der Waals surface area contributed by atoms with Crippen LogP contribution in [-0.2, 0) is 12.7 Å². The maximum Gasteiger partial charge on any atom is 0.434 e. The van der Waals surface area contributed by atoms with Crippen LogP contribution < -0.4 is 0 Å². The van der Waals surface area contributed by atoms with Gasteiger partial charge in [-0.15, -0.1) is 11.3 Å². The number of thiazole rings is 1. The molecule has 0 aliphatic carbocycles. The summed E-state index contributed by atoms with van der Waals surface area (Å²) in [4.78, 5) is 4.72. The van der Waals surface area contributed by atoms with Crippen molar-refractivity contribution in [2.75, 3.05) is 13.1 Å². The summed E-state index contributed by atoms with van der Waals surface area (Å²) in [5.74, 6) is -2.70. The highest BCUT2D eigenvalue weighted by Gasteiger charge is 2.44. The molecule has 1 saturated heterocycles. The van der Waals surface area contributed by atoms with E-state index in [4.69, 9.17) is 0 Å². The normalized spacial score (nSPS) is 20.8. The number of likely N-dealkylation sites (tertiary alicyclic amines) is 1. The highest BCUT2D eigenvalue weighted by molar-refractivity contribution is 7.09. The average Bonchev–Trinajstić information content (AvgIpc) is 2.48. The van der Waals surface area contributed by atoms with Gasteiger partial charge in [0.25, 0.3) is 5.92 Å². The molecule has 16 heavy (non-hydrogen) atoms. The Hall–Kier alpha value is -0.760. The lowest BCUT2D eigenvalue weighted by Gasteiger charge is -2.37. The zero-order valence-electron chi connectivity index (χ0n) is 7.89. The fourth-order valence-corrected chi connectivity index (χ4v) is 2.27. The smallest absolute Gasteiger partial charge is 0.285 e. The van der Waals surface area contributed by atoms with Gasteiger partial charge in [0, 0.05) is 5.38 Å². The van der Waals surface area contributed by atoms with Crippen molar-refractivity contribution in [3.8, 4) is 0 Å². The van der Waals surface area contributed by atoms with Crippen LogP contribution in [0.1, 0.15) is 10.7 Å². The second-order valence-electron chi connectivity index (χ2n) is 3.63. The lowest BCUT2D eigenvalue weighted by molar-refractivity contribution is -0.142. The monoisotopic (exact) mass is 258 g/mol. The predicted octanol–water partition coefficient (Wildman–Crippen LogP) is 2.61. The molecule has 1 aromatic rings. The Balaban J connectivity index is 1.94. The van der Waals surface area contributed by atoms with Crippen molar-refractivity contribution in [2.24, 2.45) is 0 Å². The molecule has 0 N–H and O–H groups in total. The number of hydrogen-bond donors (Lipinski definition) is 0. The fraction of sp³-hybridized carbons (Fsp3) is 0.625. The largest absolute Gasteiger partial charge is 0.434 e. The van der Waals surface area contributed by atoms with E-state index in [1.54, 1.807) is 0 Å². The van der Waals surface area contributed by atoms with Gasteiger partial charge in [0.2, 0.25) is 0 Å². The van der Waals surface area contributed by atoms with Crippen molar-refractivity contribution in [2.45, 2.75) is 18.6 Å². The first-order chi connectivity index (χ1) is 7.26. The Labute approximate surface area is 91.7 Å². The van der Waals surface area contributed by atoms with E-state index < -0.39 is 30.9 Å². The van der Waals surface area contributed by atoms with Gasteiger partial charge in [0.1, 0.15) is 5.01 Å². The lowest BCUT2D eigenvalue weighted by atomic mass is 10.1. The zero-order valence-corrected chi connectivity index (χ0v) is 8.71. The maximum absolute atomic E-state index is 12.4. The molecule has 1 aromatic heterocycles. The standard InChI is InChI=1S/C8H7F5N2S/c9-7(10)3-15(4-7)1-6-14-5(2-16-6)8(11,12)13/h2H,1,3-4H2. The van der Waals surface area contributed by atoms with Gasteiger partial charge in [-0.3, -0.25) is 4.90 Å². The first-order valence-corrected chi connectivity index (χ1v) is 5.26. The minimum atomic E-state index is -4.46. The van der Waals surface area contributed by atoms with E-state index in [1.165, 1.54) is 4.90 Å². The summed E-state index contributed by atoms with van der Waals surface area (Å²) >= 11 is 0.836. The fourth-order valence-electron chi connectivity index (χ4n) is 1.42. The second-order valence-corrected chi connectivity index (χ2v) is 4.57. The van der Waals surface area contributed by atoms with Crippen LogP contribution in [0.25, 0.3) is 0 Å². The molecule has 0 aromatic carbocycles. The molecule has 0 radical (unpaired) electrons. The first kappa shape index (κ1) is 11.7. The molecule has 8 heteroatoms. The Morgan fingerprint density at radius 1 is 1.38 bits per heavy atom. The Bertz CT molecular complexity index is 378. The first-order valence-electron chi connectivity index (χ1n) is 4.38. The number of nitrogens with zero attached hydrogens (tertiary/aromatic N) is 2. The number of alkyl halides is 5. The van der Waals surface area contributed by atoms with Gasteiger partial charge >= 0.3 is 6.18 Å².